The lowest BCUT2D eigenvalue weighted by Crippen LogP contribution is -3.15. The molecule has 23 heavy (non-hydrogen) atoms. The van der Waals surface area contributed by atoms with Crippen LogP contribution in [0.4, 0.5) is 0 Å². The average Bonchev–Trinajstić information content (AvgIpc) is 2.50. The number of benzene rings is 1. The van der Waals surface area contributed by atoms with Crippen LogP contribution in [0.2, 0.25) is 0 Å². The van der Waals surface area contributed by atoms with Crippen molar-refractivity contribution in [2.24, 2.45) is 0 Å². The van der Waals surface area contributed by atoms with Gasteiger partial charge >= 0.3 is 5.63 Å². The Bertz CT molecular complexity index is 778. The molecular weight excluding hydrogens is 290 g/mol. The van der Waals surface area contributed by atoms with E-state index >= 15 is 0 Å². The van der Waals surface area contributed by atoms with Crippen molar-refractivity contribution in [3.8, 4) is 5.75 Å². The molecule has 1 unspecified atom stereocenters. The minimum atomic E-state index is -0.366. The van der Waals surface area contributed by atoms with Crippen molar-refractivity contribution in [3.63, 3.8) is 0 Å². The van der Waals surface area contributed by atoms with Gasteiger partial charge in [-0.1, -0.05) is 6.92 Å². The van der Waals surface area contributed by atoms with Gasteiger partial charge in [0.1, 0.15) is 17.9 Å². The highest BCUT2D eigenvalue weighted by atomic mass is 16.4. The molecule has 1 aromatic carbocycles. The summed E-state index contributed by atoms with van der Waals surface area (Å²) in [5, 5.41) is 11.5. The van der Waals surface area contributed by atoms with Crippen LogP contribution in [0.1, 0.15) is 49.3 Å². The number of quaternary nitrogens is 1. The molecule has 0 radical (unpaired) electrons. The molecule has 3 rings (SSSR count). The van der Waals surface area contributed by atoms with Crippen molar-refractivity contribution in [3.05, 3.63) is 39.2 Å². The third-order valence-electron chi connectivity index (χ3n) is 5.31. The summed E-state index contributed by atoms with van der Waals surface area (Å²) in [4.78, 5) is 13.1. The first-order valence-electron chi connectivity index (χ1n) is 8.61. The van der Waals surface area contributed by atoms with E-state index in [2.05, 4.69) is 6.92 Å². The molecule has 2 atom stereocenters. The van der Waals surface area contributed by atoms with Gasteiger partial charge in [-0.2, -0.15) is 0 Å². The number of rotatable bonds is 3. The SMILES string of the molecule is CC[C@H]1CCCC[NH+]1Cc1c(C)cc2oc(=O)cc(C)c2c1O. The molecule has 1 aliphatic rings. The molecule has 0 aliphatic carbocycles. The molecule has 2 heterocycles. The van der Waals surface area contributed by atoms with E-state index in [4.69, 9.17) is 4.42 Å². The van der Waals surface area contributed by atoms with E-state index in [1.54, 1.807) is 4.90 Å². The normalized spacial score (nSPS) is 21.7. The molecule has 2 aromatic rings. The van der Waals surface area contributed by atoms with Gasteiger partial charge in [0.2, 0.25) is 0 Å². The summed E-state index contributed by atoms with van der Waals surface area (Å²) < 4.78 is 5.27. The Kier molecular flexibility index (Phi) is 4.44. The first-order chi connectivity index (χ1) is 11.0. The zero-order valence-electron chi connectivity index (χ0n) is 14.2. The van der Waals surface area contributed by atoms with E-state index in [0.717, 1.165) is 29.8 Å². The Hall–Kier alpha value is -1.81. The summed E-state index contributed by atoms with van der Waals surface area (Å²) >= 11 is 0. The van der Waals surface area contributed by atoms with E-state index < -0.39 is 0 Å². The van der Waals surface area contributed by atoms with Crippen LogP contribution in [0, 0.1) is 13.8 Å². The Morgan fingerprint density at radius 2 is 2.04 bits per heavy atom. The number of phenolic OH excluding ortho intramolecular Hbond substituents is 1. The largest absolute Gasteiger partial charge is 0.507 e. The van der Waals surface area contributed by atoms with Gasteiger partial charge in [-0.15, -0.1) is 0 Å². The molecule has 2 N–H and O–H groups in total. The topological polar surface area (TPSA) is 54.9 Å². The van der Waals surface area contributed by atoms with Gasteiger partial charge in [-0.3, -0.25) is 0 Å². The van der Waals surface area contributed by atoms with Crippen LogP contribution in [0.15, 0.2) is 21.3 Å². The molecule has 1 aliphatic heterocycles. The third-order valence-corrected chi connectivity index (χ3v) is 5.31. The summed E-state index contributed by atoms with van der Waals surface area (Å²) in [7, 11) is 0. The predicted molar refractivity (Wildman–Crippen MR) is 91.1 cm³/mol. The maximum absolute atomic E-state index is 11.6. The van der Waals surface area contributed by atoms with Crippen LogP contribution < -0.4 is 10.5 Å². The Labute approximate surface area is 136 Å². The smallest absolute Gasteiger partial charge is 0.336 e. The summed E-state index contributed by atoms with van der Waals surface area (Å²) in [5.74, 6) is 0.286. The summed E-state index contributed by atoms with van der Waals surface area (Å²) in [6, 6.07) is 4.01. The lowest BCUT2D eigenvalue weighted by Gasteiger charge is -2.32. The highest BCUT2D eigenvalue weighted by Crippen LogP contribution is 2.32. The Balaban J connectivity index is 2.05. The van der Waals surface area contributed by atoms with Crippen LogP contribution in [-0.2, 0) is 6.54 Å². The minimum absolute atomic E-state index is 0.286. The number of nitrogens with one attached hydrogen (secondary N) is 1. The molecule has 0 saturated carbocycles. The Morgan fingerprint density at radius 3 is 2.78 bits per heavy atom. The molecule has 0 bridgehead atoms. The second-order valence-electron chi connectivity index (χ2n) is 6.83. The van der Waals surface area contributed by atoms with Crippen molar-refractivity contribution >= 4 is 11.0 Å². The summed E-state index contributed by atoms with van der Waals surface area (Å²) in [6.07, 6.45) is 5.02. The van der Waals surface area contributed by atoms with Crippen molar-refractivity contribution in [2.45, 2.75) is 59.0 Å². The fraction of sp³-hybridized carbons (Fsp3) is 0.526. The quantitative estimate of drug-likeness (QED) is 0.855. The van der Waals surface area contributed by atoms with Gasteiger partial charge in [0.05, 0.1) is 23.5 Å². The fourth-order valence-electron chi connectivity index (χ4n) is 3.99. The standard InChI is InChI=1S/C19H25NO3/c1-4-14-7-5-6-8-20(14)11-15-12(2)9-16-18(19(15)22)13(3)10-17(21)23-16/h9-10,14,22H,4-8,11H2,1-3H3/p+1/t14-/m0/s1. The van der Waals surface area contributed by atoms with Crippen LogP contribution in [0.5, 0.6) is 5.75 Å². The monoisotopic (exact) mass is 316 g/mol. The van der Waals surface area contributed by atoms with Crippen molar-refractivity contribution in [1.82, 2.24) is 0 Å². The zero-order valence-corrected chi connectivity index (χ0v) is 14.2. The van der Waals surface area contributed by atoms with E-state index in [1.807, 2.05) is 19.9 Å². The average molecular weight is 316 g/mol. The molecule has 4 nitrogen and oxygen atoms in total. The van der Waals surface area contributed by atoms with Gasteiger partial charge in [-0.25, -0.2) is 4.79 Å². The molecule has 1 fully saturated rings. The molecule has 1 saturated heterocycles. The second kappa shape index (κ2) is 6.36. The fourth-order valence-corrected chi connectivity index (χ4v) is 3.99. The van der Waals surface area contributed by atoms with E-state index in [0.29, 0.717) is 17.0 Å². The number of aromatic hydroxyl groups is 1. The first-order valence-corrected chi connectivity index (χ1v) is 8.61. The zero-order chi connectivity index (χ0) is 16.6. The number of aryl methyl sites for hydroxylation is 2. The highest BCUT2D eigenvalue weighted by Gasteiger charge is 2.27. The molecule has 0 spiro atoms. The van der Waals surface area contributed by atoms with Crippen molar-refractivity contribution in [2.75, 3.05) is 6.54 Å². The van der Waals surface area contributed by atoms with Crippen molar-refractivity contribution < 1.29 is 14.4 Å². The van der Waals surface area contributed by atoms with E-state index in [9.17, 15) is 9.90 Å². The summed E-state index contributed by atoms with van der Waals surface area (Å²) in [6.45, 7) is 8.09. The van der Waals surface area contributed by atoms with E-state index in [1.165, 1.54) is 31.7 Å². The highest BCUT2D eigenvalue weighted by molar-refractivity contribution is 5.88. The van der Waals surface area contributed by atoms with Gasteiger partial charge in [-0.05, 0) is 56.7 Å². The molecular formula is C19H26NO3+. The lowest BCUT2D eigenvalue weighted by molar-refractivity contribution is -0.944. The van der Waals surface area contributed by atoms with Crippen LogP contribution in [0.25, 0.3) is 11.0 Å². The number of phenols is 1. The number of likely N-dealkylation sites (tertiary alicyclic amines) is 1. The van der Waals surface area contributed by atoms with Crippen LogP contribution in [0.3, 0.4) is 0 Å². The van der Waals surface area contributed by atoms with E-state index in [-0.39, 0.29) is 11.4 Å². The molecule has 124 valence electrons. The van der Waals surface area contributed by atoms with Crippen LogP contribution >= 0.6 is 0 Å². The second-order valence-corrected chi connectivity index (χ2v) is 6.83. The minimum Gasteiger partial charge on any atom is -0.507 e. The van der Waals surface area contributed by atoms with Gasteiger partial charge in [0, 0.05) is 6.07 Å². The van der Waals surface area contributed by atoms with Gasteiger partial charge < -0.3 is 14.4 Å². The Morgan fingerprint density at radius 1 is 1.26 bits per heavy atom. The lowest BCUT2D eigenvalue weighted by atomic mass is 9.96. The summed E-state index contributed by atoms with van der Waals surface area (Å²) in [5.41, 5.74) is 2.88. The molecule has 4 heteroatoms. The maximum Gasteiger partial charge on any atom is 0.336 e. The maximum atomic E-state index is 11.6. The third kappa shape index (κ3) is 3.00. The number of piperidine rings is 1. The molecule has 1 aromatic heterocycles. The van der Waals surface area contributed by atoms with Crippen molar-refractivity contribution in [1.29, 1.82) is 0 Å². The number of hydrogen-bond donors (Lipinski definition) is 2. The molecule has 0 amide bonds. The van der Waals surface area contributed by atoms with Crippen LogP contribution in [-0.4, -0.2) is 17.7 Å². The van der Waals surface area contributed by atoms with Gasteiger partial charge in [0.15, 0.2) is 0 Å². The predicted octanol–water partition coefficient (Wildman–Crippen LogP) is 2.46. The number of fused-ring (bicyclic) bond motifs is 1. The first kappa shape index (κ1) is 16.1. The number of hydrogen-bond acceptors (Lipinski definition) is 3. The van der Waals surface area contributed by atoms with Gasteiger partial charge in [0.25, 0.3) is 0 Å².